The number of hydrogen-bond donors (Lipinski definition) is 0. The molecule has 0 spiro atoms. The van der Waals surface area contributed by atoms with Crippen LogP contribution in [0.3, 0.4) is 0 Å². The lowest BCUT2D eigenvalue weighted by molar-refractivity contribution is -0.0392. The highest BCUT2D eigenvalue weighted by Crippen LogP contribution is 2.38. The molecule has 0 aliphatic carbocycles. The predicted octanol–water partition coefficient (Wildman–Crippen LogP) is 3.28. The van der Waals surface area contributed by atoms with Crippen LogP contribution in [0, 0.1) is 11.6 Å². The van der Waals surface area contributed by atoms with Gasteiger partial charge in [-0.3, -0.25) is 0 Å². The van der Waals surface area contributed by atoms with Gasteiger partial charge in [-0.05, 0) is 29.8 Å². The predicted molar refractivity (Wildman–Crippen MR) is 86.7 cm³/mol. The van der Waals surface area contributed by atoms with Crippen molar-refractivity contribution in [2.75, 3.05) is 0 Å². The number of halogens is 2. The summed E-state index contributed by atoms with van der Waals surface area (Å²) in [6.07, 6.45) is 3.48. The summed E-state index contributed by atoms with van der Waals surface area (Å²) in [5, 5.41) is 8.34. The topological polar surface area (TPSA) is 52.3 Å². The van der Waals surface area contributed by atoms with Crippen LogP contribution in [0.1, 0.15) is 17.5 Å². The Hall–Kier alpha value is -3.09. The summed E-state index contributed by atoms with van der Waals surface area (Å²) in [7, 11) is 0. The lowest BCUT2D eigenvalue weighted by Crippen LogP contribution is -2.32. The van der Waals surface area contributed by atoms with Crippen LogP contribution in [0.5, 0.6) is 0 Å². The molecule has 0 N–H and O–H groups in total. The first-order chi connectivity index (χ1) is 12.1. The van der Waals surface area contributed by atoms with Crippen molar-refractivity contribution in [3.05, 3.63) is 83.9 Å². The second-order valence-electron chi connectivity index (χ2n) is 5.91. The van der Waals surface area contributed by atoms with Gasteiger partial charge in [-0.1, -0.05) is 29.4 Å². The molecule has 2 heterocycles. The average molecular weight is 340 g/mol. The summed E-state index contributed by atoms with van der Waals surface area (Å²) in [6, 6.07) is 12.2. The number of hydrogen-bond acceptors (Lipinski definition) is 4. The second-order valence-corrected chi connectivity index (χ2v) is 5.91. The summed E-state index contributed by atoms with van der Waals surface area (Å²) in [5.74, 6) is -0.631. The summed E-state index contributed by atoms with van der Waals surface area (Å²) in [4.78, 5) is 9.77. The molecule has 0 bridgehead atoms. The van der Waals surface area contributed by atoms with Crippen molar-refractivity contribution in [1.29, 1.82) is 0 Å². The average Bonchev–Trinajstić information content (AvgIpc) is 3.27. The van der Waals surface area contributed by atoms with Crippen LogP contribution in [-0.4, -0.2) is 20.5 Å². The van der Waals surface area contributed by atoms with E-state index in [2.05, 4.69) is 15.2 Å². The van der Waals surface area contributed by atoms with E-state index >= 15 is 0 Å². The van der Waals surface area contributed by atoms with Gasteiger partial charge in [-0.2, -0.15) is 5.10 Å². The molecule has 126 valence electrons. The van der Waals surface area contributed by atoms with E-state index in [1.165, 1.54) is 30.6 Å². The van der Waals surface area contributed by atoms with Crippen molar-refractivity contribution < 1.29 is 13.6 Å². The van der Waals surface area contributed by atoms with Gasteiger partial charge in [0.05, 0.1) is 12.3 Å². The SMILES string of the molecule is Fc1ccc(C2=NOC(Cn3cncn3)(c3ccc(F)cc3)C2)cc1. The fraction of sp³-hybridized carbons (Fsp3) is 0.167. The number of nitrogens with zero attached hydrogens (tertiary/aromatic N) is 4. The molecular weight excluding hydrogens is 326 g/mol. The Balaban J connectivity index is 1.68. The Morgan fingerprint density at radius 3 is 2.32 bits per heavy atom. The molecule has 1 unspecified atom stereocenters. The Kier molecular flexibility index (Phi) is 3.76. The molecule has 3 aromatic rings. The minimum atomic E-state index is -0.828. The molecule has 2 aromatic carbocycles. The second kappa shape index (κ2) is 6.08. The van der Waals surface area contributed by atoms with Crippen LogP contribution in [0.25, 0.3) is 0 Å². The maximum Gasteiger partial charge on any atom is 0.187 e. The van der Waals surface area contributed by atoms with Gasteiger partial charge in [0.1, 0.15) is 24.3 Å². The molecule has 0 saturated heterocycles. The first-order valence-electron chi connectivity index (χ1n) is 7.74. The molecular formula is C18H14F2N4O. The Bertz CT molecular complexity index is 892. The smallest absolute Gasteiger partial charge is 0.187 e. The Labute approximate surface area is 142 Å². The molecule has 1 aliphatic heterocycles. The first-order valence-corrected chi connectivity index (χ1v) is 7.74. The van der Waals surface area contributed by atoms with Gasteiger partial charge in [-0.15, -0.1) is 0 Å². The highest BCUT2D eigenvalue weighted by Gasteiger charge is 2.42. The van der Waals surface area contributed by atoms with Gasteiger partial charge < -0.3 is 4.84 Å². The van der Waals surface area contributed by atoms with E-state index < -0.39 is 5.60 Å². The van der Waals surface area contributed by atoms with Crippen LogP contribution in [0.2, 0.25) is 0 Å². The molecule has 1 aliphatic rings. The van der Waals surface area contributed by atoms with Crippen molar-refractivity contribution in [3.8, 4) is 0 Å². The molecule has 4 rings (SSSR count). The van der Waals surface area contributed by atoms with Crippen LogP contribution < -0.4 is 0 Å². The van der Waals surface area contributed by atoms with E-state index in [1.807, 2.05) is 0 Å². The number of benzene rings is 2. The summed E-state index contributed by atoms with van der Waals surface area (Å²) < 4.78 is 28.1. The fourth-order valence-corrected chi connectivity index (χ4v) is 2.94. The van der Waals surface area contributed by atoms with Crippen LogP contribution >= 0.6 is 0 Å². The molecule has 1 aromatic heterocycles. The van der Waals surface area contributed by atoms with E-state index in [0.717, 1.165) is 11.1 Å². The maximum atomic E-state index is 13.3. The van der Waals surface area contributed by atoms with Gasteiger partial charge in [0.25, 0.3) is 0 Å². The quantitative estimate of drug-likeness (QED) is 0.732. The zero-order chi connectivity index (χ0) is 17.3. The molecule has 0 amide bonds. The van der Waals surface area contributed by atoms with Gasteiger partial charge in [0.2, 0.25) is 0 Å². The standard InChI is InChI=1S/C18H14F2N4O/c19-15-5-1-13(2-6-15)17-9-18(25-23-17,10-24-12-21-11-22-24)14-3-7-16(20)8-4-14/h1-8,11-12H,9-10H2. The minimum Gasteiger partial charge on any atom is -0.382 e. The molecule has 0 saturated carbocycles. The van der Waals surface area contributed by atoms with E-state index in [0.29, 0.717) is 18.7 Å². The zero-order valence-electron chi connectivity index (χ0n) is 13.1. The molecule has 1 atom stereocenters. The monoisotopic (exact) mass is 340 g/mol. The zero-order valence-corrected chi connectivity index (χ0v) is 13.1. The molecule has 7 heteroatoms. The molecule has 5 nitrogen and oxygen atoms in total. The number of rotatable bonds is 4. The number of aromatic nitrogens is 3. The van der Waals surface area contributed by atoms with Crippen molar-refractivity contribution >= 4 is 5.71 Å². The Morgan fingerprint density at radius 1 is 1.00 bits per heavy atom. The fourth-order valence-electron chi connectivity index (χ4n) is 2.94. The van der Waals surface area contributed by atoms with Gasteiger partial charge >= 0.3 is 0 Å². The van der Waals surface area contributed by atoms with Crippen molar-refractivity contribution in [3.63, 3.8) is 0 Å². The molecule has 25 heavy (non-hydrogen) atoms. The normalized spacial score (nSPS) is 19.5. The third kappa shape index (κ3) is 3.00. The van der Waals surface area contributed by atoms with Gasteiger partial charge in [-0.25, -0.2) is 18.4 Å². The van der Waals surface area contributed by atoms with Crippen molar-refractivity contribution in [2.24, 2.45) is 5.16 Å². The van der Waals surface area contributed by atoms with Gasteiger partial charge in [0, 0.05) is 12.0 Å². The summed E-state index contributed by atoms with van der Waals surface area (Å²) in [5.41, 5.74) is 1.43. The first kappa shape index (κ1) is 15.4. The summed E-state index contributed by atoms with van der Waals surface area (Å²) in [6.45, 7) is 0.368. The van der Waals surface area contributed by atoms with Crippen LogP contribution in [0.4, 0.5) is 8.78 Å². The van der Waals surface area contributed by atoms with E-state index in [1.54, 1.807) is 35.3 Å². The van der Waals surface area contributed by atoms with Crippen LogP contribution in [0.15, 0.2) is 66.3 Å². The van der Waals surface area contributed by atoms with E-state index in [4.69, 9.17) is 4.84 Å². The van der Waals surface area contributed by atoms with Crippen molar-refractivity contribution in [2.45, 2.75) is 18.6 Å². The maximum absolute atomic E-state index is 13.3. The molecule has 0 fully saturated rings. The van der Waals surface area contributed by atoms with Crippen molar-refractivity contribution in [1.82, 2.24) is 14.8 Å². The minimum absolute atomic E-state index is 0.310. The van der Waals surface area contributed by atoms with Crippen LogP contribution in [-0.2, 0) is 17.0 Å². The lowest BCUT2D eigenvalue weighted by atomic mass is 9.87. The molecule has 0 radical (unpaired) electrons. The highest BCUT2D eigenvalue weighted by molar-refractivity contribution is 6.01. The Morgan fingerprint density at radius 2 is 1.68 bits per heavy atom. The number of oxime groups is 1. The lowest BCUT2D eigenvalue weighted by Gasteiger charge is -2.27. The largest absolute Gasteiger partial charge is 0.382 e. The third-order valence-corrected chi connectivity index (χ3v) is 4.22. The van der Waals surface area contributed by atoms with E-state index in [9.17, 15) is 8.78 Å². The van der Waals surface area contributed by atoms with Gasteiger partial charge in [0.15, 0.2) is 5.60 Å². The third-order valence-electron chi connectivity index (χ3n) is 4.22. The summed E-state index contributed by atoms with van der Waals surface area (Å²) >= 11 is 0. The highest BCUT2D eigenvalue weighted by atomic mass is 19.1. The van der Waals surface area contributed by atoms with E-state index in [-0.39, 0.29) is 11.6 Å².